The zero-order chi connectivity index (χ0) is 32.6. The van der Waals surface area contributed by atoms with Crippen molar-refractivity contribution in [1.82, 2.24) is 9.21 Å². The van der Waals surface area contributed by atoms with E-state index in [1.807, 2.05) is 13.8 Å². The highest BCUT2D eigenvalue weighted by atomic mass is 32.2. The van der Waals surface area contributed by atoms with E-state index < -0.39 is 22.2 Å². The third kappa shape index (κ3) is 9.28. The molecule has 0 spiro atoms. The normalized spacial score (nSPS) is 23.6. The molecule has 0 radical (unpaired) electrons. The lowest BCUT2D eigenvalue weighted by Gasteiger charge is -2.35. The second kappa shape index (κ2) is 16.4. The average molecular weight is 664 g/mol. The van der Waals surface area contributed by atoms with E-state index in [-0.39, 0.29) is 53.7 Å². The minimum atomic E-state index is -3.69. The molecule has 45 heavy (non-hydrogen) atoms. The van der Waals surface area contributed by atoms with E-state index in [4.69, 9.17) is 9.47 Å². The molecule has 4 atom stereocenters. The molecule has 1 aromatic carbocycles. The Bertz CT molecular complexity index is 1360. The number of carbonyl (C=O) groups is 2. The number of hydrogen-bond donors (Lipinski definition) is 2. The van der Waals surface area contributed by atoms with Crippen molar-refractivity contribution in [3.8, 4) is 5.75 Å². The Morgan fingerprint density at radius 2 is 1.87 bits per heavy atom. The molecule has 1 aromatic heterocycles. The van der Waals surface area contributed by atoms with Gasteiger partial charge in [0.2, 0.25) is 5.91 Å². The Hall–Kier alpha value is -2.51. The number of anilines is 1. The highest BCUT2D eigenvalue weighted by molar-refractivity contribution is 7.91. The summed E-state index contributed by atoms with van der Waals surface area (Å²) in [5, 5.41) is 14.9. The number of carbonyl (C=O) groups excluding carboxylic acids is 2. The fourth-order valence-corrected chi connectivity index (χ4v) is 8.37. The quantitative estimate of drug-likeness (QED) is 0.388. The topological polar surface area (TPSA) is 125 Å². The van der Waals surface area contributed by atoms with Gasteiger partial charge < -0.3 is 24.8 Å². The van der Waals surface area contributed by atoms with Gasteiger partial charge in [-0.15, -0.1) is 11.3 Å². The summed E-state index contributed by atoms with van der Waals surface area (Å²) in [7, 11) is -2.15. The van der Waals surface area contributed by atoms with Gasteiger partial charge in [0.05, 0.1) is 30.4 Å². The van der Waals surface area contributed by atoms with E-state index in [2.05, 4.69) is 5.32 Å². The predicted molar refractivity (Wildman–Crippen MR) is 176 cm³/mol. The largest absolute Gasteiger partial charge is 0.490 e. The van der Waals surface area contributed by atoms with Crippen LogP contribution in [0.4, 0.5) is 5.69 Å². The van der Waals surface area contributed by atoms with Crippen molar-refractivity contribution < 1.29 is 32.6 Å². The molecular formula is C33H49N3O7S2. The van der Waals surface area contributed by atoms with Gasteiger partial charge in [-0.2, -0.15) is 4.31 Å². The van der Waals surface area contributed by atoms with Crippen LogP contribution in [0.2, 0.25) is 0 Å². The molecule has 4 rings (SSSR count). The van der Waals surface area contributed by atoms with Gasteiger partial charge in [0.15, 0.2) is 0 Å². The molecular weight excluding hydrogens is 615 g/mol. The summed E-state index contributed by atoms with van der Waals surface area (Å²) in [5.74, 6) is -0.255. The summed E-state index contributed by atoms with van der Waals surface area (Å²) in [6.07, 6.45) is 6.62. The molecule has 250 valence electrons. The average Bonchev–Trinajstić information content (AvgIpc) is 3.59. The maximum Gasteiger partial charge on any atom is 0.258 e. The summed E-state index contributed by atoms with van der Waals surface area (Å²) < 4.78 is 40.6. The Labute approximate surface area is 272 Å². The van der Waals surface area contributed by atoms with Crippen LogP contribution in [0.1, 0.15) is 82.5 Å². The van der Waals surface area contributed by atoms with Crippen molar-refractivity contribution in [2.45, 2.75) is 94.6 Å². The summed E-state index contributed by atoms with van der Waals surface area (Å²) in [6, 6.07) is 7.96. The first-order valence-electron chi connectivity index (χ1n) is 16.2. The molecule has 1 aliphatic carbocycles. The molecule has 2 N–H and O–H groups in total. The van der Waals surface area contributed by atoms with E-state index in [1.165, 1.54) is 15.6 Å². The van der Waals surface area contributed by atoms with Crippen molar-refractivity contribution in [3.05, 3.63) is 41.3 Å². The number of amides is 2. The molecule has 1 saturated carbocycles. The summed E-state index contributed by atoms with van der Waals surface area (Å²) in [5.41, 5.74) is 0.837. The van der Waals surface area contributed by atoms with Crippen LogP contribution in [0.5, 0.6) is 5.75 Å². The van der Waals surface area contributed by atoms with Crippen LogP contribution < -0.4 is 10.1 Å². The van der Waals surface area contributed by atoms with E-state index in [0.717, 1.165) is 51.4 Å². The van der Waals surface area contributed by atoms with E-state index in [1.54, 1.807) is 54.6 Å². The number of thiophene rings is 1. The molecule has 2 aliphatic rings. The van der Waals surface area contributed by atoms with Crippen LogP contribution in [0.25, 0.3) is 0 Å². The van der Waals surface area contributed by atoms with E-state index >= 15 is 0 Å². The molecule has 0 bridgehead atoms. The van der Waals surface area contributed by atoms with Gasteiger partial charge in [-0.3, -0.25) is 9.59 Å². The molecule has 2 aromatic rings. The predicted octanol–water partition coefficient (Wildman–Crippen LogP) is 5.38. The first-order chi connectivity index (χ1) is 21.5. The molecule has 2 heterocycles. The van der Waals surface area contributed by atoms with Crippen LogP contribution in [0.3, 0.4) is 0 Å². The van der Waals surface area contributed by atoms with Crippen molar-refractivity contribution in [3.63, 3.8) is 0 Å². The zero-order valence-electron chi connectivity index (χ0n) is 26.9. The first kappa shape index (κ1) is 35.3. The minimum Gasteiger partial charge on any atom is -0.490 e. The van der Waals surface area contributed by atoms with Crippen LogP contribution >= 0.6 is 11.3 Å². The maximum absolute atomic E-state index is 14.3. The number of sulfonamides is 1. The van der Waals surface area contributed by atoms with Gasteiger partial charge in [-0.25, -0.2) is 8.42 Å². The number of likely N-dealkylation sites (N-methyl/N-ethyl adjacent to an activating group) is 1. The van der Waals surface area contributed by atoms with Gasteiger partial charge in [-0.05, 0) is 75.6 Å². The Morgan fingerprint density at radius 3 is 2.56 bits per heavy atom. The number of nitrogens with one attached hydrogen (secondary N) is 1. The number of ether oxygens (including phenoxy) is 2. The van der Waals surface area contributed by atoms with Crippen LogP contribution in [-0.4, -0.2) is 86.1 Å². The SMILES string of the molecule is C[C@@H]1CCCCO[C@H](CN(C)S(=O)(=O)c2cccs2)[C@@H](C)CN([C@@H](C)CO)C(=O)c2cc(NC(=O)C3CCCCC3)ccc2O1. The van der Waals surface area contributed by atoms with Gasteiger partial charge in [0, 0.05) is 44.3 Å². The second-order valence-corrected chi connectivity index (χ2v) is 15.8. The highest BCUT2D eigenvalue weighted by Crippen LogP contribution is 2.30. The van der Waals surface area contributed by atoms with Crippen molar-refractivity contribution >= 4 is 38.9 Å². The molecule has 0 unspecified atom stereocenters. The van der Waals surface area contributed by atoms with Gasteiger partial charge >= 0.3 is 0 Å². The van der Waals surface area contributed by atoms with Crippen LogP contribution in [-0.2, 0) is 19.6 Å². The maximum atomic E-state index is 14.3. The Kier molecular flexibility index (Phi) is 12.8. The number of aliphatic hydroxyl groups is 1. The van der Waals surface area contributed by atoms with Crippen LogP contribution in [0.15, 0.2) is 39.9 Å². The summed E-state index contributed by atoms with van der Waals surface area (Å²) in [6.45, 7) is 6.18. The number of benzene rings is 1. The monoisotopic (exact) mass is 663 g/mol. The summed E-state index contributed by atoms with van der Waals surface area (Å²) >= 11 is 1.17. The number of aliphatic hydroxyl groups excluding tert-OH is 1. The van der Waals surface area contributed by atoms with Crippen molar-refractivity contribution in [1.29, 1.82) is 0 Å². The fourth-order valence-electron chi connectivity index (χ4n) is 5.99. The standard InChI is InChI=1S/C33H49N3O7S2/c1-23-20-36(24(2)22-37)33(39)28-19-27(34-32(38)26-12-6-5-7-13-26)15-16-29(28)43-25(3)11-8-9-17-42-30(23)21-35(4)45(40,41)31-14-10-18-44-31/h10,14-16,18-19,23-26,30,37H,5-9,11-13,17,20-22H2,1-4H3,(H,34,38)/t23-,24-,25+,30+/m0/s1. The Balaban J connectivity index is 1.63. The number of fused-ring (bicyclic) bond motifs is 1. The van der Waals surface area contributed by atoms with Crippen molar-refractivity contribution in [2.75, 3.05) is 38.7 Å². The van der Waals surface area contributed by atoms with E-state index in [0.29, 0.717) is 23.6 Å². The third-order valence-corrected chi connectivity index (χ3v) is 12.1. The molecule has 1 aliphatic heterocycles. The first-order valence-corrected chi connectivity index (χ1v) is 18.5. The molecule has 12 heteroatoms. The van der Waals surface area contributed by atoms with E-state index in [9.17, 15) is 23.1 Å². The second-order valence-electron chi connectivity index (χ2n) is 12.6. The van der Waals surface area contributed by atoms with Gasteiger partial charge in [-0.1, -0.05) is 32.3 Å². The molecule has 1 fully saturated rings. The summed E-state index contributed by atoms with van der Waals surface area (Å²) in [4.78, 5) is 29.0. The lowest BCUT2D eigenvalue weighted by molar-refractivity contribution is -0.120. The molecule has 2 amide bonds. The number of nitrogens with zero attached hydrogens (tertiary/aromatic N) is 2. The smallest absolute Gasteiger partial charge is 0.258 e. The Morgan fingerprint density at radius 1 is 1.13 bits per heavy atom. The lowest BCUT2D eigenvalue weighted by Crippen LogP contribution is -2.48. The highest BCUT2D eigenvalue weighted by Gasteiger charge is 2.33. The zero-order valence-corrected chi connectivity index (χ0v) is 28.6. The van der Waals surface area contributed by atoms with Gasteiger partial charge in [0.25, 0.3) is 15.9 Å². The van der Waals surface area contributed by atoms with Crippen LogP contribution in [0, 0.1) is 11.8 Å². The number of hydrogen-bond acceptors (Lipinski definition) is 8. The third-order valence-electron chi connectivity index (χ3n) is 8.89. The fraction of sp³-hybridized carbons (Fsp3) is 0.636. The lowest BCUT2D eigenvalue weighted by atomic mass is 9.88. The molecule has 0 saturated heterocycles. The van der Waals surface area contributed by atoms with Crippen molar-refractivity contribution in [2.24, 2.45) is 11.8 Å². The minimum absolute atomic E-state index is 0.0342. The molecule has 10 nitrogen and oxygen atoms in total. The number of rotatable bonds is 8. The van der Waals surface area contributed by atoms with Gasteiger partial charge in [0.1, 0.15) is 9.96 Å².